The smallest absolute Gasteiger partial charge is 0.0187 e. The lowest BCUT2D eigenvalue weighted by Gasteiger charge is -1.96. The third kappa shape index (κ3) is 6.47. The fraction of sp³-hybridized carbons (Fsp3) is 0.429. The van der Waals surface area contributed by atoms with Crippen LogP contribution in [-0.4, -0.2) is 0 Å². The molecule has 0 heteroatoms. The molecule has 0 N–H and O–H groups in total. The summed E-state index contributed by atoms with van der Waals surface area (Å²) >= 11 is 0. The predicted octanol–water partition coefficient (Wildman–Crippen LogP) is 4.37. The van der Waals surface area contributed by atoms with Gasteiger partial charge in [0.2, 0.25) is 0 Å². The van der Waals surface area contributed by atoms with Gasteiger partial charge in [-0.1, -0.05) is 55.4 Å². The molecule has 0 bridgehead atoms. The van der Waals surface area contributed by atoms with E-state index in [9.17, 15) is 0 Å². The van der Waals surface area contributed by atoms with Crippen LogP contribution in [-0.2, 0) is 0 Å². The molecule has 0 aliphatic heterocycles. The van der Waals surface area contributed by atoms with Crippen LogP contribution in [0.3, 0.4) is 0 Å². The summed E-state index contributed by atoms with van der Waals surface area (Å²) in [7, 11) is 0. The van der Waals surface area contributed by atoms with E-state index < -0.39 is 0 Å². The minimum absolute atomic E-state index is 1.19. The molecule has 0 atom stereocenters. The standard InChI is InChI=1S/C14H19/c1-2-4-6-8-10-12-14-13-11-9-7-5-3-1/h1-5,9,11H,6,8,10,12-14H2/b3-1-,4-2+,7-5?,11-9-. The Labute approximate surface area is 87.7 Å². The first-order chi connectivity index (χ1) is 7.00. The summed E-state index contributed by atoms with van der Waals surface area (Å²) in [5, 5.41) is 0. The zero-order valence-corrected chi connectivity index (χ0v) is 8.78. The van der Waals surface area contributed by atoms with E-state index in [4.69, 9.17) is 0 Å². The largest absolute Gasteiger partial charge is 0.0845 e. The highest BCUT2D eigenvalue weighted by Crippen LogP contribution is 2.06. The highest BCUT2D eigenvalue weighted by Gasteiger charge is 1.87. The van der Waals surface area contributed by atoms with Crippen molar-refractivity contribution in [2.24, 2.45) is 0 Å². The van der Waals surface area contributed by atoms with Gasteiger partial charge in [-0.05, 0) is 31.8 Å². The molecule has 1 radical (unpaired) electrons. The van der Waals surface area contributed by atoms with Crippen molar-refractivity contribution in [3.63, 3.8) is 0 Å². The molecule has 1 aliphatic rings. The summed E-state index contributed by atoms with van der Waals surface area (Å²) in [6.07, 6.45) is 25.5. The highest BCUT2D eigenvalue weighted by molar-refractivity contribution is 5.12. The van der Waals surface area contributed by atoms with Crippen molar-refractivity contribution in [1.82, 2.24) is 0 Å². The van der Waals surface area contributed by atoms with E-state index in [-0.39, 0.29) is 0 Å². The van der Waals surface area contributed by atoms with E-state index in [1.54, 1.807) is 0 Å². The lowest BCUT2D eigenvalue weighted by molar-refractivity contribution is 0.652. The van der Waals surface area contributed by atoms with Gasteiger partial charge in [-0.2, -0.15) is 0 Å². The molecule has 0 fully saturated rings. The first-order valence-electron chi connectivity index (χ1n) is 5.56. The van der Waals surface area contributed by atoms with Crippen LogP contribution in [0.2, 0.25) is 0 Å². The van der Waals surface area contributed by atoms with Crippen LogP contribution in [0, 0.1) is 6.08 Å². The maximum absolute atomic E-state index is 3.11. The van der Waals surface area contributed by atoms with E-state index in [1.807, 2.05) is 18.2 Å². The van der Waals surface area contributed by atoms with Gasteiger partial charge < -0.3 is 0 Å². The minimum atomic E-state index is 1.19. The number of hydrogen-bond acceptors (Lipinski definition) is 0. The molecule has 14 heavy (non-hydrogen) atoms. The average molecular weight is 187 g/mol. The van der Waals surface area contributed by atoms with Crippen LogP contribution in [0.5, 0.6) is 0 Å². The summed E-state index contributed by atoms with van der Waals surface area (Å²) in [5.74, 6) is 0. The minimum Gasteiger partial charge on any atom is -0.0845 e. The topological polar surface area (TPSA) is 0 Å². The summed E-state index contributed by atoms with van der Waals surface area (Å²) in [6, 6.07) is 0. The predicted molar refractivity (Wildman–Crippen MR) is 62.9 cm³/mol. The fourth-order valence-electron chi connectivity index (χ4n) is 1.43. The molecule has 0 amide bonds. The highest BCUT2D eigenvalue weighted by atomic mass is 13.9. The Kier molecular flexibility index (Phi) is 6.74. The van der Waals surface area contributed by atoms with Crippen LogP contribution < -0.4 is 0 Å². The molecule has 0 nitrogen and oxygen atoms in total. The van der Waals surface area contributed by atoms with Gasteiger partial charge in [0.1, 0.15) is 0 Å². The van der Waals surface area contributed by atoms with Crippen molar-refractivity contribution in [3.8, 4) is 0 Å². The zero-order valence-electron chi connectivity index (χ0n) is 8.78. The van der Waals surface area contributed by atoms with Gasteiger partial charge in [-0.3, -0.25) is 0 Å². The van der Waals surface area contributed by atoms with Crippen LogP contribution in [0.25, 0.3) is 0 Å². The molecule has 0 saturated heterocycles. The summed E-state index contributed by atoms with van der Waals surface area (Å²) in [6.45, 7) is 0. The third-order valence-corrected chi connectivity index (χ3v) is 2.26. The Balaban J connectivity index is 2.36. The van der Waals surface area contributed by atoms with Crippen molar-refractivity contribution >= 4 is 0 Å². The van der Waals surface area contributed by atoms with Gasteiger partial charge in [0.15, 0.2) is 0 Å². The van der Waals surface area contributed by atoms with Crippen molar-refractivity contribution < 1.29 is 0 Å². The number of hydrogen-bond donors (Lipinski definition) is 0. The summed E-state index contributed by atoms with van der Waals surface area (Å²) in [4.78, 5) is 0. The maximum Gasteiger partial charge on any atom is -0.0187 e. The first-order valence-corrected chi connectivity index (χ1v) is 5.56. The van der Waals surface area contributed by atoms with Gasteiger partial charge in [-0.15, -0.1) is 0 Å². The molecule has 0 aromatic carbocycles. The first kappa shape index (κ1) is 11.0. The number of allylic oxidation sites excluding steroid dienone is 8. The molecule has 0 spiro atoms. The Morgan fingerprint density at radius 1 is 0.714 bits per heavy atom. The SMILES string of the molecule is [C]1=C/C=C\C=C\CCCCCC\C=C/1. The molecular formula is C14H19. The van der Waals surface area contributed by atoms with Gasteiger partial charge in [0.05, 0.1) is 0 Å². The second-order valence-electron chi connectivity index (χ2n) is 3.54. The lowest BCUT2D eigenvalue weighted by Crippen LogP contribution is -1.76. The van der Waals surface area contributed by atoms with Crippen molar-refractivity contribution in [1.29, 1.82) is 0 Å². The van der Waals surface area contributed by atoms with Crippen molar-refractivity contribution in [2.75, 3.05) is 0 Å². The third-order valence-electron chi connectivity index (χ3n) is 2.26. The second kappa shape index (κ2) is 8.55. The van der Waals surface area contributed by atoms with Gasteiger partial charge in [0.25, 0.3) is 0 Å². The van der Waals surface area contributed by atoms with E-state index in [0.717, 1.165) is 0 Å². The lowest BCUT2D eigenvalue weighted by atomic mass is 10.1. The molecule has 0 saturated carbocycles. The Hall–Kier alpha value is -1.04. The Morgan fingerprint density at radius 2 is 1.50 bits per heavy atom. The second-order valence-corrected chi connectivity index (χ2v) is 3.54. The average Bonchev–Trinajstić information content (AvgIpc) is 2.22. The van der Waals surface area contributed by atoms with Gasteiger partial charge >= 0.3 is 0 Å². The molecule has 0 aromatic rings. The van der Waals surface area contributed by atoms with E-state index in [0.29, 0.717) is 0 Å². The van der Waals surface area contributed by atoms with Crippen molar-refractivity contribution in [3.05, 3.63) is 48.6 Å². The fourth-order valence-corrected chi connectivity index (χ4v) is 1.43. The Morgan fingerprint density at radius 3 is 2.36 bits per heavy atom. The van der Waals surface area contributed by atoms with Crippen molar-refractivity contribution in [2.45, 2.75) is 38.5 Å². The molecule has 75 valence electrons. The van der Waals surface area contributed by atoms with Gasteiger partial charge in [-0.25, -0.2) is 0 Å². The molecule has 0 unspecified atom stereocenters. The normalized spacial score (nSPS) is 28.6. The summed E-state index contributed by atoms with van der Waals surface area (Å²) in [5.41, 5.74) is 0. The van der Waals surface area contributed by atoms with Crippen LogP contribution >= 0.6 is 0 Å². The summed E-state index contributed by atoms with van der Waals surface area (Å²) < 4.78 is 0. The Bertz CT molecular complexity index is 202. The van der Waals surface area contributed by atoms with Crippen LogP contribution in [0.15, 0.2) is 42.5 Å². The molecule has 1 aliphatic carbocycles. The van der Waals surface area contributed by atoms with Crippen LogP contribution in [0.1, 0.15) is 38.5 Å². The zero-order chi connectivity index (χ0) is 9.90. The van der Waals surface area contributed by atoms with E-state index in [2.05, 4.69) is 30.4 Å². The molecule has 0 heterocycles. The van der Waals surface area contributed by atoms with E-state index in [1.165, 1.54) is 38.5 Å². The monoisotopic (exact) mass is 187 g/mol. The van der Waals surface area contributed by atoms with Crippen LogP contribution in [0.4, 0.5) is 0 Å². The molecular weight excluding hydrogens is 168 g/mol. The van der Waals surface area contributed by atoms with Gasteiger partial charge in [0, 0.05) is 0 Å². The maximum atomic E-state index is 3.11. The van der Waals surface area contributed by atoms with E-state index >= 15 is 0 Å². The molecule has 1 rings (SSSR count). The quantitative estimate of drug-likeness (QED) is 0.528. The number of rotatable bonds is 0. The molecule has 0 aromatic heterocycles.